The molecule has 2 aliphatic rings. The molecular weight excluding hydrogens is 276 g/mol. The summed E-state index contributed by atoms with van der Waals surface area (Å²) in [5, 5.41) is 9.87. The van der Waals surface area contributed by atoms with Gasteiger partial charge >= 0.3 is 0 Å². The Morgan fingerprint density at radius 2 is 1.77 bits per heavy atom. The lowest BCUT2D eigenvalue weighted by atomic mass is 10.0. The molecule has 5 heteroatoms. The molecule has 2 aliphatic heterocycles. The maximum atomic E-state index is 12.5. The van der Waals surface area contributed by atoms with Crippen molar-refractivity contribution in [1.82, 2.24) is 16.0 Å². The number of piperazine rings is 1. The summed E-state index contributed by atoms with van der Waals surface area (Å²) in [4.78, 5) is 14.9. The average molecular weight is 302 g/mol. The van der Waals surface area contributed by atoms with Gasteiger partial charge in [-0.3, -0.25) is 4.79 Å². The van der Waals surface area contributed by atoms with Crippen LogP contribution in [-0.4, -0.2) is 51.2 Å². The summed E-state index contributed by atoms with van der Waals surface area (Å²) in [5.41, 5.74) is 3.09. The Kier molecular flexibility index (Phi) is 4.95. The van der Waals surface area contributed by atoms with Crippen LogP contribution in [-0.2, 0) is 0 Å². The highest BCUT2D eigenvalue weighted by molar-refractivity contribution is 5.95. The highest BCUT2D eigenvalue weighted by atomic mass is 16.1. The van der Waals surface area contributed by atoms with Crippen molar-refractivity contribution in [2.45, 2.75) is 25.8 Å². The molecule has 2 fully saturated rings. The Hall–Kier alpha value is -1.59. The third-order valence-corrected chi connectivity index (χ3v) is 4.48. The highest BCUT2D eigenvalue weighted by Crippen LogP contribution is 2.20. The van der Waals surface area contributed by atoms with Crippen molar-refractivity contribution >= 4 is 11.6 Å². The van der Waals surface area contributed by atoms with Crippen LogP contribution in [0.3, 0.4) is 0 Å². The second-order valence-corrected chi connectivity index (χ2v) is 6.29. The van der Waals surface area contributed by atoms with Crippen LogP contribution in [0, 0.1) is 6.92 Å². The van der Waals surface area contributed by atoms with E-state index in [0.29, 0.717) is 6.04 Å². The van der Waals surface area contributed by atoms with E-state index >= 15 is 0 Å². The zero-order valence-corrected chi connectivity index (χ0v) is 13.3. The lowest BCUT2D eigenvalue weighted by Crippen LogP contribution is -2.44. The molecule has 1 aromatic carbocycles. The van der Waals surface area contributed by atoms with Gasteiger partial charge < -0.3 is 20.9 Å². The van der Waals surface area contributed by atoms with E-state index in [1.807, 2.05) is 12.1 Å². The molecule has 3 N–H and O–H groups in total. The lowest BCUT2D eigenvalue weighted by molar-refractivity contribution is 0.0929. The van der Waals surface area contributed by atoms with Gasteiger partial charge in [-0.15, -0.1) is 0 Å². The van der Waals surface area contributed by atoms with Crippen LogP contribution in [0.25, 0.3) is 0 Å². The number of anilines is 1. The molecule has 0 aromatic heterocycles. The molecule has 0 aliphatic carbocycles. The van der Waals surface area contributed by atoms with E-state index in [0.717, 1.165) is 68.9 Å². The molecule has 3 rings (SSSR count). The minimum Gasteiger partial charge on any atom is -0.369 e. The van der Waals surface area contributed by atoms with Crippen LogP contribution in [0.2, 0.25) is 0 Å². The Morgan fingerprint density at radius 1 is 1.09 bits per heavy atom. The fourth-order valence-electron chi connectivity index (χ4n) is 3.23. The summed E-state index contributed by atoms with van der Waals surface area (Å²) < 4.78 is 0. The molecule has 0 saturated carbocycles. The molecule has 1 aromatic rings. The Morgan fingerprint density at radius 3 is 2.50 bits per heavy atom. The molecule has 2 saturated heterocycles. The van der Waals surface area contributed by atoms with Gasteiger partial charge in [0.05, 0.1) is 0 Å². The fourth-order valence-corrected chi connectivity index (χ4v) is 3.23. The molecule has 0 unspecified atom stereocenters. The van der Waals surface area contributed by atoms with Crippen LogP contribution in [0.5, 0.6) is 0 Å². The van der Waals surface area contributed by atoms with E-state index in [4.69, 9.17) is 0 Å². The van der Waals surface area contributed by atoms with Gasteiger partial charge in [-0.05, 0) is 56.6 Å². The largest absolute Gasteiger partial charge is 0.369 e. The molecular formula is C17H26N4O. The first kappa shape index (κ1) is 15.3. The van der Waals surface area contributed by atoms with Gasteiger partial charge in [-0.25, -0.2) is 0 Å². The first-order valence-electron chi connectivity index (χ1n) is 8.31. The van der Waals surface area contributed by atoms with Crippen LogP contribution >= 0.6 is 0 Å². The second-order valence-electron chi connectivity index (χ2n) is 6.29. The van der Waals surface area contributed by atoms with Crippen LogP contribution < -0.4 is 20.9 Å². The topological polar surface area (TPSA) is 56.4 Å². The maximum absolute atomic E-state index is 12.5. The zero-order valence-electron chi connectivity index (χ0n) is 13.3. The Bertz CT molecular complexity index is 519. The van der Waals surface area contributed by atoms with Gasteiger partial charge in [0, 0.05) is 43.5 Å². The smallest absolute Gasteiger partial charge is 0.251 e. The number of hydrogen-bond acceptors (Lipinski definition) is 4. The standard InChI is InChI=1S/C17H26N4O/c1-13-10-14(17(22)20-15-2-4-18-5-3-15)12-16(11-13)21-8-6-19-7-9-21/h10-12,15,18-19H,2-9H2,1H3,(H,20,22). The minimum atomic E-state index is 0.0620. The number of nitrogens with zero attached hydrogens (tertiary/aromatic N) is 1. The average Bonchev–Trinajstić information content (AvgIpc) is 2.56. The number of carbonyl (C=O) groups is 1. The molecule has 5 nitrogen and oxygen atoms in total. The summed E-state index contributed by atoms with van der Waals surface area (Å²) in [6, 6.07) is 6.50. The van der Waals surface area contributed by atoms with Gasteiger partial charge in [0.1, 0.15) is 0 Å². The number of hydrogen-bond donors (Lipinski definition) is 3. The summed E-state index contributed by atoms with van der Waals surface area (Å²) in [6.45, 7) is 8.05. The van der Waals surface area contributed by atoms with E-state index in [-0.39, 0.29) is 5.91 Å². The van der Waals surface area contributed by atoms with Gasteiger partial charge in [0.15, 0.2) is 0 Å². The number of carbonyl (C=O) groups excluding carboxylic acids is 1. The van der Waals surface area contributed by atoms with Crippen molar-refractivity contribution in [1.29, 1.82) is 0 Å². The minimum absolute atomic E-state index is 0.0620. The zero-order chi connectivity index (χ0) is 15.4. The number of rotatable bonds is 3. The fraction of sp³-hybridized carbons (Fsp3) is 0.588. The number of piperidine rings is 1. The van der Waals surface area contributed by atoms with Crippen molar-refractivity contribution in [3.8, 4) is 0 Å². The van der Waals surface area contributed by atoms with Crippen molar-refractivity contribution < 1.29 is 4.79 Å². The number of benzene rings is 1. The van der Waals surface area contributed by atoms with Gasteiger partial charge in [-0.2, -0.15) is 0 Å². The first-order valence-corrected chi connectivity index (χ1v) is 8.31. The van der Waals surface area contributed by atoms with Crippen molar-refractivity contribution in [2.75, 3.05) is 44.2 Å². The third-order valence-electron chi connectivity index (χ3n) is 4.48. The van der Waals surface area contributed by atoms with Crippen LogP contribution in [0.15, 0.2) is 18.2 Å². The SMILES string of the molecule is Cc1cc(C(=O)NC2CCNCC2)cc(N2CCNCC2)c1. The molecule has 0 bridgehead atoms. The number of amides is 1. The van der Waals surface area contributed by atoms with E-state index in [2.05, 4.69) is 33.8 Å². The maximum Gasteiger partial charge on any atom is 0.251 e. The summed E-state index contributed by atoms with van der Waals surface area (Å²) in [6.07, 6.45) is 2.03. The second kappa shape index (κ2) is 7.11. The molecule has 0 spiro atoms. The molecule has 0 radical (unpaired) electrons. The summed E-state index contributed by atoms with van der Waals surface area (Å²) >= 11 is 0. The van der Waals surface area contributed by atoms with Gasteiger partial charge in [0.2, 0.25) is 0 Å². The first-order chi connectivity index (χ1) is 10.7. The van der Waals surface area contributed by atoms with Gasteiger partial charge in [-0.1, -0.05) is 0 Å². The highest BCUT2D eigenvalue weighted by Gasteiger charge is 2.18. The summed E-state index contributed by atoms with van der Waals surface area (Å²) in [7, 11) is 0. The molecule has 120 valence electrons. The van der Waals surface area contributed by atoms with E-state index in [9.17, 15) is 4.79 Å². The number of aryl methyl sites for hydroxylation is 1. The monoisotopic (exact) mass is 302 g/mol. The molecule has 2 heterocycles. The Labute approximate surface area is 132 Å². The lowest BCUT2D eigenvalue weighted by Gasteiger charge is -2.30. The number of nitrogens with one attached hydrogen (secondary N) is 3. The predicted molar refractivity (Wildman–Crippen MR) is 89.6 cm³/mol. The molecule has 0 atom stereocenters. The van der Waals surface area contributed by atoms with Crippen LogP contribution in [0.1, 0.15) is 28.8 Å². The molecule has 1 amide bonds. The Balaban J connectivity index is 1.71. The normalized spacial score (nSPS) is 20.0. The predicted octanol–water partition coefficient (Wildman–Crippen LogP) is 0.886. The molecule has 22 heavy (non-hydrogen) atoms. The van der Waals surface area contributed by atoms with Crippen molar-refractivity contribution in [3.05, 3.63) is 29.3 Å². The van der Waals surface area contributed by atoms with Crippen molar-refractivity contribution in [2.24, 2.45) is 0 Å². The van der Waals surface area contributed by atoms with Crippen molar-refractivity contribution in [3.63, 3.8) is 0 Å². The third kappa shape index (κ3) is 3.78. The van der Waals surface area contributed by atoms with Gasteiger partial charge in [0.25, 0.3) is 5.91 Å². The van der Waals surface area contributed by atoms with E-state index in [1.165, 1.54) is 0 Å². The quantitative estimate of drug-likeness (QED) is 0.776. The summed E-state index contributed by atoms with van der Waals surface area (Å²) in [5.74, 6) is 0.0620. The van der Waals surface area contributed by atoms with E-state index < -0.39 is 0 Å². The van der Waals surface area contributed by atoms with E-state index in [1.54, 1.807) is 0 Å². The van der Waals surface area contributed by atoms with Crippen LogP contribution in [0.4, 0.5) is 5.69 Å².